The monoisotopic (exact) mass is 252 g/mol. The van der Waals surface area contributed by atoms with E-state index in [1.54, 1.807) is 0 Å². The molecule has 0 saturated carbocycles. The molecule has 0 unspecified atom stereocenters. The molecule has 62 valence electrons. The third-order valence-corrected chi connectivity index (χ3v) is 3.83. The fourth-order valence-corrected chi connectivity index (χ4v) is 2.33. The summed E-state index contributed by atoms with van der Waals surface area (Å²) >= 11 is -7.01. The van der Waals surface area contributed by atoms with E-state index < -0.39 is 27.2 Å². The Kier molecular flexibility index (Phi) is 3.36. The van der Waals surface area contributed by atoms with Crippen molar-refractivity contribution in [2.45, 2.75) is 0 Å². The molecule has 0 aliphatic heterocycles. The predicted molar refractivity (Wildman–Crippen MR) is 13.0 cm³/mol. The first-order valence-corrected chi connectivity index (χ1v) is 6.03. The van der Waals surface area contributed by atoms with Crippen LogP contribution in [0.5, 0.6) is 0 Å². The minimum absolute atomic E-state index is 3.07. The summed E-state index contributed by atoms with van der Waals surface area (Å²) in [6, 6.07) is 0. The maximum absolute atomic E-state index is 9.99. The van der Waals surface area contributed by atoms with Crippen LogP contribution in [-0.2, 0) is 48.6 Å². The van der Waals surface area contributed by atoms with Gasteiger partial charge in [0.2, 0.25) is 0 Å². The number of rotatable bonds is 3. The Hall–Kier alpha value is 0.435. The zero-order valence-corrected chi connectivity index (χ0v) is 7.40. The first-order chi connectivity index (χ1) is 4.27. The molecule has 0 heterocycles. The van der Waals surface area contributed by atoms with E-state index in [4.69, 9.17) is 4.16 Å². The second-order valence-corrected chi connectivity index (χ2v) is 5.38. The molecular weight excluding hydrogens is 251 g/mol. The zero-order valence-electron chi connectivity index (χ0n) is 4.09. The fourth-order valence-electron chi connectivity index (χ4n) is 0.116. The van der Waals surface area contributed by atoms with Gasteiger partial charge in [0.25, 0.3) is 0 Å². The van der Waals surface area contributed by atoms with Crippen molar-refractivity contribution in [1.82, 2.24) is 0 Å². The third kappa shape index (κ3) is 5.24. The predicted octanol–water partition coefficient (Wildman–Crippen LogP) is -0.484. The molecule has 10 heavy (non-hydrogen) atoms. The molecule has 0 rings (SSSR count). The Morgan fingerprint density at radius 3 is 1.70 bits per heavy atom. The Morgan fingerprint density at radius 1 is 1.20 bits per heavy atom. The molecule has 0 fully saturated rings. The van der Waals surface area contributed by atoms with E-state index in [9.17, 15) is 15.2 Å². The zero-order chi connectivity index (χ0) is 8.41. The van der Waals surface area contributed by atoms with Crippen molar-refractivity contribution in [3.05, 3.63) is 0 Å². The first kappa shape index (κ1) is 10.4. The summed E-state index contributed by atoms with van der Waals surface area (Å²) in [5.74, 6) is 0. The van der Waals surface area contributed by atoms with Gasteiger partial charge >= 0.3 is 64.6 Å². The van der Waals surface area contributed by atoms with Crippen LogP contribution in [-0.4, -0.2) is 4.16 Å². The molecule has 10 heteroatoms. The molecule has 7 nitrogen and oxygen atoms in total. The van der Waals surface area contributed by atoms with Crippen LogP contribution in [0.25, 0.3) is 0 Å². The van der Waals surface area contributed by atoms with Crippen molar-refractivity contribution in [1.29, 1.82) is 0 Å². The molecule has 0 aliphatic rings. The summed E-state index contributed by atoms with van der Waals surface area (Å²) in [7, 11) is 0. The Morgan fingerprint density at radius 2 is 1.60 bits per heavy atom. The van der Waals surface area contributed by atoms with Gasteiger partial charge < -0.3 is 0 Å². The first-order valence-electron chi connectivity index (χ1n) is 1.50. The summed E-state index contributed by atoms with van der Waals surface area (Å²) in [5, 5.41) is 0. The maximum atomic E-state index is 9.99. The Bertz CT molecular complexity index is 280. The third-order valence-electron chi connectivity index (χ3n) is 0.246. The van der Waals surface area contributed by atoms with E-state index in [1.165, 1.54) is 0 Å². The van der Waals surface area contributed by atoms with Crippen molar-refractivity contribution >= 4 is 11.9 Å². The average molecular weight is 252 g/mol. The quantitative estimate of drug-likeness (QED) is 0.722. The van der Waals surface area contributed by atoms with Crippen LogP contribution in [0.15, 0.2) is 0 Å². The van der Waals surface area contributed by atoms with Gasteiger partial charge in [0.15, 0.2) is 0 Å². The molecule has 0 aromatic heterocycles. The number of halogens is 1. The molecule has 0 saturated heterocycles. The molecular formula is HClCr2O7. The molecule has 0 atom stereocenters. The van der Waals surface area contributed by atoms with Gasteiger partial charge in [-0.15, -0.1) is 0 Å². The normalized spacial score (nSPS) is 13.4. The van der Waals surface area contributed by atoms with Gasteiger partial charge in [-0.05, 0) is 0 Å². The van der Waals surface area contributed by atoms with Crippen LogP contribution in [0.3, 0.4) is 0 Å². The Balaban J connectivity index is 4.49. The van der Waals surface area contributed by atoms with E-state index in [2.05, 4.69) is 18.0 Å². The number of hydrogen-bond acceptors (Lipinski definition) is 6. The van der Waals surface area contributed by atoms with Gasteiger partial charge in [-0.3, -0.25) is 0 Å². The summed E-state index contributed by atoms with van der Waals surface area (Å²) < 4.78 is 53.4. The van der Waals surface area contributed by atoms with Crippen LogP contribution < -0.4 is 0 Å². The molecule has 0 radical (unpaired) electrons. The summed E-state index contributed by atoms with van der Waals surface area (Å²) in [5.41, 5.74) is 0. The van der Waals surface area contributed by atoms with E-state index >= 15 is 0 Å². The van der Waals surface area contributed by atoms with Crippen molar-refractivity contribution in [3.8, 4) is 0 Å². The van der Waals surface area contributed by atoms with Crippen LogP contribution in [0, 0.1) is 0 Å². The molecule has 0 bridgehead atoms. The molecule has 0 spiro atoms. The molecule has 1 N–H and O–H groups in total. The van der Waals surface area contributed by atoms with Gasteiger partial charge in [0.05, 0.1) is 0 Å². The van der Waals surface area contributed by atoms with E-state index in [0.717, 1.165) is 0 Å². The SMILES string of the molecule is [O]=[Cr](=[O])([OH])[O][Cr](=[O])(=[O])[O]Cl. The Labute approximate surface area is 64.8 Å². The summed E-state index contributed by atoms with van der Waals surface area (Å²) in [4.78, 5) is 0. The van der Waals surface area contributed by atoms with Crippen molar-refractivity contribution < 1.29 is 52.8 Å². The van der Waals surface area contributed by atoms with E-state index in [-0.39, 0.29) is 0 Å². The second-order valence-electron chi connectivity index (χ2n) is 0.967. The van der Waals surface area contributed by atoms with E-state index in [1.807, 2.05) is 0 Å². The molecule has 0 aromatic rings. The topological polar surface area (TPSA) is 107 Å². The second kappa shape index (κ2) is 3.22. The summed E-state index contributed by atoms with van der Waals surface area (Å²) in [6.07, 6.45) is 0. The van der Waals surface area contributed by atoms with Crippen LogP contribution in [0.1, 0.15) is 0 Å². The summed E-state index contributed by atoms with van der Waals surface area (Å²) in [6.45, 7) is 0. The van der Waals surface area contributed by atoms with Gasteiger partial charge in [-0.1, -0.05) is 0 Å². The van der Waals surface area contributed by atoms with Crippen molar-refractivity contribution in [2.75, 3.05) is 0 Å². The number of hydrogen-bond donors (Lipinski definition) is 1. The standard InChI is InChI=1S/ClO.2Cr.H2O.5O/c1-2;;;;;;;;/h;;;1H2;;;;;/q-1;2*+1;;;;;;/p-1. The molecule has 0 amide bonds. The van der Waals surface area contributed by atoms with E-state index in [0.29, 0.717) is 0 Å². The van der Waals surface area contributed by atoms with Crippen molar-refractivity contribution in [2.24, 2.45) is 0 Å². The van der Waals surface area contributed by atoms with Gasteiger partial charge in [-0.25, -0.2) is 0 Å². The van der Waals surface area contributed by atoms with Crippen molar-refractivity contribution in [3.63, 3.8) is 0 Å². The average Bonchev–Trinajstić information content (AvgIpc) is 1.60. The van der Waals surface area contributed by atoms with Crippen LogP contribution in [0.4, 0.5) is 0 Å². The minimum atomic E-state index is -5.74. The van der Waals surface area contributed by atoms with Crippen LogP contribution >= 0.6 is 11.9 Å². The van der Waals surface area contributed by atoms with Gasteiger partial charge in [0, 0.05) is 0 Å². The van der Waals surface area contributed by atoms with Gasteiger partial charge in [0.1, 0.15) is 0 Å². The molecule has 0 aromatic carbocycles. The fraction of sp³-hybridized carbons (Fsp3) is 0. The van der Waals surface area contributed by atoms with Crippen LogP contribution in [0.2, 0.25) is 0 Å². The molecule has 0 aliphatic carbocycles. The van der Waals surface area contributed by atoms with Gasteiger partial charge in [-0.2, -0.15) is 0 Å².